The lowest BCUT2D eigenvalue weighted by Crippen LogP contribution is -2.12. The van der Waals surface area contributed by atoms with Gasteiger partial charge in [0, 0.05) is 9.13 Å². The Morgan fingerprint density at radius 1 is 1.00 bits per heavy atom. The predicted molar refractivity (Wildman–Crippen MR) is 83.6 cm³/mol. The van der Waals surface area contributed by atoms with E-state index < -0.39 is 0 Å². The highest BCUT2D eigenvalue weighted by Crippen LogP contribution is 2.30. The lowest BCUT2D eigenvalue weighted by molar-refractivity contribution is 0.102. The van der Waals surface area contributed by atoms with Crippen molar-refractivity contribution < 1.29 is 4.79 Å². The van der Waals surface area contributed by atoms with Crippen LogP contribution >= 0.6 is 45.8 Å². The molecular formula is C13H8Cl2INO. The maximum Gasteiger partial charge on any atom is 0.255 e. The molecule has 0 aliphatic rings. The molecule has 5 heteroatoms. The Morgan fingerprint density at radius 2 is 1.56 bits per heavy atom. The topological polar surface area (TPSA) is 29.1 Å². The molecule has 1 N–H and O–H groups in total. The van der Waals surface area contributed by atoms with E-state index >= 15 is 0 Å². The first-order valence-electron chi connectivity index (χ1n) is 5.09. The van der Waals surface area contributed by atoms with E-state index in [1.807, 2.05) is 12.1 Å². The number of benzene rings is 2. The van der Waals surface area contributed by atoms with Crippen LogP contribution in [0.5, 0.6) is 0 Å². The van der Waals surface area contributed by atoms with Gasteiger partial charge in [-0.1, -0.05) is 29.3 Å². The first-order valence-corrected chi connectivity index (χ1v) is 6.92. The largest absolute Gasteiger partial charge is 0.319 e. The van der Waals surface area contributed by atoms with Crippen LogP contribution in [-0.4, -0.2) is 5.91 Å². The summed E-state index contributed by atoms with van der Waals surface area (Å²) in [6.07, 6.45) is 0. The fourth-order valence-corrected chi connectivity index (χ4v) is 2.26. The van der Waals surface area contributed by atoms with E-state index in [9.17, 15) is 4.79 Å². The number of para-hydroxylation sites is 1. The monoisotopic (exact) mass is 391 g/mol. The first kappa shape index (κ1) is 13.6. The van der Waals surface area contributed by atoms with Gasteiger partial charge in [-0.3, -0.25) is 4.79 Å². The number of halogens is 3. The number of hydrogen-bond acceptors (Lipinski definition) is 1. The number of anilines is 1. The van der Waals surface area contributed by atoms with Crippen LogP contribution in [0.2, 0.25) is 10.0 Å². The summed E-state index contributed by atoms with van der Waals surface area (Å²) in [6, 6.07) is 12.3. The van der Waals surface area contributed by atoms with Crippen molar-refractivity contribution in [2.45, 2.75) is 0 Å². The molecule has 0 heterocycles. The van der Waals surface area contributed by atoms with Crippen molar-refractivity contribution in [1.82, 2.24) is 0 Å². The second kappa shape index (κ2) is 5.91. The second-order valence-corrected chi connectivity index (χ2v) is 5.62. The third-order valence-corrected chi connectivity index (χ3v) is 3.66. The van der Waals surface area contributed by atoms with Gasteiger partial charge in [0.2, 0.25) is 0 Å². The van der Waals surface area contributed by atoms with Crippen LogP contribution in [-0.2, 0) is 0 Å². The average Bonchev–Trinajstić information content (AvgIpc) is 2.34. The van der Waals surface area contributed by atoms with Crippen LogP contribution in [0.1, 0.15) is 10.4 Å². The van der Waals surface area contributed by atoms with Crippen LogP contribution in [0.15, 0.2) is 42.5 Å². The second-order valence-electron chi connectivity index (χ2n) is 3.56. The van der Waals surface area contributed by atoms with Gasteiger partial charge in [-0.25, -0.2) is 0 Å². The Balaban J connectivity index is 2.24. The normalized spacial score (nSPS) is 10.2. The number of carbonyl (C=O) groups is 1. The minimum atomic E-state index is -0.235. The summed E-state index contributed by atoms with van der Waals surface area (Å²) in [5.41, 5.74) is 0.996. The van der Waals surface area contributed by atoms with Crippen molar-refractivity contribution in [2.24, 2.45) is 0 Å². The van der Waals surface area contributed by atoms with Gasteiger partial charge < -0.3 is 5.32 Å². The highest BCUT2D eigenvalue weighted by molar-refractivity contribution is 14.1. The van der Waals surface area contributed by atoms with Crippen molar-refractivity contribution in [2.75, 3.05) is 5.32 Å². The number of rotatable bonds is 2. The summed E-state index contributed by atoms with van der Waals surface area (Å²) < 4.78 is 1.07. The number of hydrogen-bond donors (Lipinski definition) is 1. The molecule has 92 valence electrons. The zero-order valence-electron chi connectivity index (χ0n) is 9.08. The van der Waals surface area contributed by atoms with E-state index in [-0.39, 0.29) is 5.91 Å². The molecule has 0 saturated carbocycles. The predicted octanol–water partition coefficient (Wildman–Crippen LogP) is 4.85. The molecule has 0 radical (unpaired) electrons. The number of nitrogens with one attached hydrogen (secondary N) is 1. The van der Waals surface area contributed by atoms with Gasteiger partial charge in [-0.15, -0.1) is 0 Å². The van der Waals surface area contributed by atoms with Crippen molar-refractivity contribution in [1.29, 1.82) is 0 Å². The summed E-state index contributed by atoms with van der Waals surface area (Å²) in [6.45, 7) is 0. The van der Waals surface area contributed by atoms with E-state index in [0.29, 0.717) is 21.3 Å². The van der Waals surface area contributed by atoms with Crippen molar-refractivity contribution in [3.8, 4) is 0 Å². The van der Waals surface area contributed by atoms with Gasteiger partial charge >= 0.3 is 0 Å². The van der Waals surface area contributed by atoms with Crippen LogP contribution in [0.3, 0.4) is 0 Å². The SMILES string of the molecule is O=C(Nc1c(Cl)cccc1Cl)c1ccc(I)cc1. The van der Waals surface area contributed by atoms with Gasteiger partial charge in [-0.2, -0.15) is 0 Å². The fourth-order valence-electron chi connectivity index (χ4n) is 1.40. The highest BCUT2D eigenvalue weighted by Gasteiger charge is 2.11. The molecule has 0 aliphatic heterocycles. The maximum absolute atomic E-state index is 12.0. The van der Waals surface area contributed by atoms with Crippen LogP contribution in [0, 0.1) is 3.57 Å². The molecule has 0 bridgehead atoms. The lowest BCUT2D eigenvalue weighted by atomic mass is 10.2. The summed E-state index contributed by atoms with van der Waals surface area (Å²) in [4.78, 5) is 12.0. The van der Waals surface area contributed by atoms with Gasteiger partial charge in [0.25, 0.3) is 5.91 Å². The van der Waals surface area contributed by atoms with Gasteiger partial charge in [-0.05, 0) is 59.0 Å². The Labute approximate surface area is 128 Å². The summed E-state index contributed by atoms with van der Waals surface area (Å²) in [5, 5.41) is 3.54. The van der Waals surface area contributed by atoms with Crippen molar-refractivity contribution >= 4 is 57.4 Å². The molecule has 0 aromatic heterocycles. The molecule has 1 amide bonds. The minimum absolute atomic E-state index is 0.235. The maximum atomic E-state index is 12.0. The zero-order valence-corrected chi connectivity index (χ0v) is 12.8. The highest BCUT2D eigenvalue weighted by atomic mass is 127. The van der Waals surface area contributed by atoms with E-state index in [1.165, 1.54) is 0 Å². The van der Waals surface area contributed by atoms with Crippen molar-refractivity contribution in [3.05, 3.63) is 61.6 Å². The number of amides is 1. The third kappa shape index (κ3) is 3.16. The van der Waals surface area contributed by atoms with Crippen LogP contribution in [0.25, 0.3) is 0 Å². The van der Waals surface area contributed by atoms with Gasteiger partial charge in [0.1, 0.15) is 0 Å². The molecule has 0 saturated heterocycles. The fraction of sp³-hybridized carbons (Fsp3) is 0. The van der Waals surface area contributed by atoms with Gasteiger partial charge in [0.05, 0.1) is 15.7 Å². The number of carbonyl (C=O) groups excluding carboxylic acids is 1. The zero-order chi connectivity index (χ0) is 13.1. The molecule has 2 aromatic carbocycles. The van der Waals surface area contributed by atoms with Crippen LogP contribution < -0.4 is 5.32 Å². The molecule has 2 aromatic rings. The minimum Gasteiger partial charge on any atom is -0.319 e. The Morgan fingerprint density at radius 3 is 2.11 bits per heavy atom. The van der Waals surface area contributed by atoms with E-state index in [2.05, 4.69) is 27.9 Å². The standard InChI is InChI=1S/C13H8Cl2INO/c14-10-2-1-3-11(15)12(10)17-13(18)8-4-6-9(16)7-5-8/h1-7H,(H,17,18). The van der Waals surface area contributed by atoms with E-state index in [4.69, 9.17) is 23.2 Å². The molecule has 18 heavy (non-hydrogen) atoms. The summed E-state index contributed by atoms with van der Waals surface area (Å²) in [7, 11) is 0. The first-order chi connectivity index (χ1) is 8.58. The quantitative estimate of drug-likeness (QED) is 0.728. The van der Waals surface area contributed by atoms with Crippen molar-refractivity contribution in [3.63, 3.8) is 0 Å². The molecule has 0 fully saturated rings. The van der Waals surface area contributed by atoms with Crippen LogP contribution in [0.4, 0.5) is 5.69 Å². The Bertz CT molecular complexity index is 564. The van der Waals surface area contributed by atoms with E-state index in [0.717, 1.165) is 3.57 Å². The van der Waals surface area contributed by atoms with Gasteiger partial charge in [0.15, 0.2) is 0 Å². The molecule has 0 aliphatic carbocycles. The smallest absolute Gasteiger partial charge is 0.255 e. The Kier molecular flexibility index (Phi) is 4.48. The summed E-state index contributed by atoms with van der Waals surface area (Å²) >= 11 is 14.2. The molecule has 0 unspecified atom stereocenters. The van der Waals surface area contributed by atoms with E-state index in [1.54, 1.807) is 30.3 Å². The third-order valence-electron chi connectivity index (χ3n) is 2.31. The summed E-state index contributed by atoms with van der Waals surface area (Å²) in [5.74, 6) is -0.235. The molecular weight excluding hydrogens is 384 g/mol. The molecule has 2 rings (SSSR count). The molecule has 2 nitrogen and oxygen atoms in total. The molecule has 0 spiro atoms. The molecule has 0 atom stereocenters. The average molecular weight is 392 g/mol. The Hall–Kier alpha value is -0.780. The lowest BCUT2D eigenvalue weighted by Gasteiger charge is -2.09.